The van der Waals surface area contributed by atoms with Crippen molar-refractivity contribution in [1.82, 2.24) is 29.3 Å². The summed E-state index contributed by atoms with van der Waals surface area (Å²) in [4.78, 5) is 57.0. The summed E-state index contributed by atoms with van der Waals surface area (Å²) in [6.45, 7) is 19.3. The lowest BCUT2D eigenvalue weighted by atomic mass is 10.1. The lowest BCUT2D eigenvalue weighted by Gasteiger charge is -2.20. The highest BCUT2D eigenvalue weighted by atomic mass is 31.3. The highest BCUT2D eigenvalue weighted by Crippen LogP contribution is 2.67. The molecule has 1 saturated heterocycles. The number of ether oxygens (including phenoxy) is 1. The third kappa shape index (κ3) is 16.9. The van der Waals surface area contributed by atoms with Crippen molar-refractivity contribution in [3.05, 3.63) is 12.7 Å². The number of nitrogen functional groups attached to an aromatic ring is 1. The van der Waals surface area contributed by atoms with E-state index in [1.54, 1.807) is 0 Å². The van der Waals surface area contributed by atoms with Crippen LogP contribution in [0.15, 0.2) is 12.7 Å². The number of aliphatic hydroxyl groups is 2. The maximum Gasteiger partial charge on any atom is 0.538 e. The molecule has 24 heteroatoms. The van der Waals surface area contributed by atoms with Crippen molar-refractivity contribution < 1.29 is 65.8 Å². The van der Waals surface area contributed by atoms with Crippen LogP contribution in [-0.4, -0.2) is 124 Å². The second-order valence-electron chi connectivity index (χ2n) is 11.1. The number of phosphoric acid groups is 3. The molecule has 2 aromatic heterocycles. The lowest BCUT2D eigenvalue weighted by Crippen LogP contribution is -2.33. The summed E-state index contributed by atoms with van der Waals surface area (Å²) in [6, 6.07) is 0. The molecule has 0 aliphatic carbocycles. The topological polar surface area (TPSA) is 292 Å². The number of rotatable bonds is 19. The zero-order valence-corrected chi connectivity index (χ0v) is 33.5. The van der Waals surface area contributed by atoms with Crippen molar-refractivity contribution in [3.63, 3.8) is 0 Å². The van der Waals surface area contributed by atoms with Gasteiger partial charge in [0.1, 0.15) is 30.2 Å². The van der Waals surface area contributed by atoms with E-state index in [9.17, 15) is 43.4 Å². The van der Waals surface area contributed by atoms with Gasteiger partial charge in [-0.2, -0.15) is 8.62 Å². The average Bonchev–Trinajstić information content (AvgIpc) is 3.64. The van der Waals surface area contributed by atoms with Crippen molar-refractivity contribution in [3.8, 4) is 12.3 Å². The molecular formula is C29H54N7O14P3. The first-order valence-corrected chi connectivity index (χ1v) is 21.4. The molecular weight excluding hydrogens is 763 g/mol. The Hall–Kier alpha value is -2.37. The van der Waals surface area contributed by atoms with E-state index in [1.807, 2.05) is 0 Å². The number of fused-ring (bicyclic) bond motifs is 1. The molecule has 1 aliphatic rings. The predicted molar refractivity (Wildman–Crippen MR) is 194 cm³/mol. The maximum atomic E-state index is 12.2. The third-order valence-electron chi connectivity index (χ3n) is 7.67. The Balaban J connectivity index is 0.000000845. The summed E-state index contributed by atoms with van der Waals surface area (Å²) in [5.74, 6) is 1.07. The molecule has 3 heterocycles. The first-order chi connectivity index (χ1) is 24.8. The number of hydrogen-bond acceptors (Lipinski definition) is 17. The van der Waals surface area contributed by atoms with E-state index < -0.39 is 60.6 Å². The molecule has 3 rings (SSSR count). The van der Waals surface area contributed by atoms with Gasteiger partial charge in [-0.15, -0.1) is 12.3 Å². The van der Waals surface area contributed by atoms with Crippen LogP contribution in [0.5, 0.6) is 0 Å². The largest absolute Gasteiger partial charge is 0.538 e. The van der Waals surface area contributed by atoms with E-state index in [0.717, 1.165) is 6.33 Å². The maximum absolute atomic E-state index is 12.2. The molecule has 0 amide bonds. The van der Waals surface area contributed by atoms with Gasteiger partial charge in [0.15, 0.2) is 17.7 Å². The fraction of sp³-hybridized carbons (Fsp3) is 0.724. The van der Waals surface area contributed by atoms with Crippen LogP contribution in [0.3, 0.4) is 0 Å². The monoisotopic (exact) mass is 817 g/mol. The van der Waals surface area contributed by atoms with Crippen molar-refractivity contribution in [1.29, 1.82) is 0 Å². The van der Waals surface area contributed by atoms with Gasteiger partial charge in [-0.1, -0.05) is 41.5 Å². The Morgan fingerprint density at radius 3 is 1.94 bits per heavy atom. The quantitative estimate of drug-likeness (QED) is 0.0675. The van der Waals surface area contributed by atoms with Gasteiger partial charge in [-0.05, 0) is 52.1 Å². The lowest BCUT2D eigenvalue weighted by molar-refractivity contribution is -0.135. The number of carbonyl (C=O) groups is 1. The Morgan fingerprint density at radius 2 is 1.43 bits per heavy atom. The van der Waals surface area contributed by atoms with Crippen molar-refractivity contribution >= 4 is 46.4 Å². The highest BCUT2D eigenvalue weighted by molar-refractivity contribution is 7.67. The molecule has 0 saturated carbocycles. The number of carbonyl (C=O) groups excluding carboxylic acids is 1. The Morgan fingerprint density at radius 1 is 0.887 bits per heavy atom. The molecule has 7 N–H and O–H groups in total. The SMILES string of the molecule is C#CCCCCC(=O)OP(=O)(O)OP(=O)(O)OP(=O)(O)OCC1OC(n2cnc3c(N)ncnc32)C(O)C1O.CCN(CC)CC.CCN(CC)CC. The third-order valence-corrected chi connectivity index (χ3v) is 11.9. The number of unbranched alkanes of at least 4 members (excludes halogenated alkanes) is 2. The van der Waals surface area contributed by atoms with Crippen LogP contribution in [0.1, 0.15) is 73.5 Å². The molecule has 53 heavy (non-hydrogen) atoms. The molecule has 0 radical (unpaired) electrons. The number of phosphoric ester groups is 2. The summed E-state index contributed by atoms with van der Waals surface area (Å²) in [5, 5.41) is 20.7. The summed E-state index contributed by atoms with van der Waals surface area (Å²) < 4.78 is 59.1. The van der Waals surface area contributed by atoms with Gasteiger partial charge in [0.2, 0.25) is 0 Å². The number of imidazole rings is 1. The van der Waals surface area contributed by atoms with Crippen LogP contribution in [0.25, 0.3) is 11.2 Å². The summed E-state index contributed by atoms with van der Waals surface area (Å²) in [6.07, 6.45) is 1.75. The fourth-order valence-corrected chi connectivity index (χ4v) is 8.13. The molecule has 1 fully saturated rings. The van der Waals surface area contributed by atoms with Gasteiger partial charge in [0.25, 0.3) is 0 Å². The highest BCUT2D eigenvalue weighted by Gasteiger charge is 2.47. The number of anilines is 1. The van der Waals surface area contributed by atoms with E-state index in [1.165, 1.54) is 50.2 Å². The van der Waals surface area contributed by atoms with Crippen molar-refractivity contribution in [2.45, 2.75) is 91.8 Å². The number of terminal acetylenes is 1. The summed E-state index contributed by atoms with van der Waals surface area (Å²) >= 11 is 0. The molecule has 7 unspecified atom stereocenters. The standard InChI is InChI=1S/C17H24N5O14P3.2C6H15N/c1-2-3-4-5-6-11(23)34-38(28,29)36-39(30,31)35-37(26,27)32-7-10-13(24)14(25)17(33-10)22-9-21-12-15(18)19-8-20-16(12)22;2*1-4-7(5-2)6-3/h1,8-10,13-14,17,24-25H,3-7H2,(H,26,27)(H,28,29)(H,30,31)(H2,18,19,20);2*4-6H2,1-3H3. The van der Waals surface area contributed by atoms with Gasteiger partial charge in [-0.3, -0.25) is 18.8 Å². The molecule has 0 aromatic carbocycles. The number of nitrogens with zero attached hydrogens (tertiary/aromatic N) is 6. The molecule has 0 spiro atoms. The second-order valence-corrected chi connectivity index (χ2v) is 15.7. The minimum absolute atomic E-state index is 0.0305. The van der Waals surface area contributed by atoms with Crippen molar-refractivity contribution in [2.24, 2.45) is 0 Å². The van der Waals surface area contributed by atoms with Crippen LogP contribution in [0.2, 0.25) is 0 Å². The fourth-order valence-electron chi connectivity index (χ4n) is 4.65. The Labute approximate surface area is 309 Å². The van der Waals surface area contributed by atoms with E-state index in [-0.39, 0.29) is 29.8 Å². The molecule has 2 aromatic rings. The zero-order chi connectivity index (χ0) is 40.4. The van der Waals surface area contributed by atoms with Crippen LogP contribution in [0, 0.1) is 12.3 Å². The first kappa shape index (κ1) is 48.6. The van der Waals surface area contributed by atoms with Crippen LogP contribution < -0.4 is 5.73 Å². The van der Waals surface area contributed by atoms with E-state index in [4.69, 9.17) is 16.9 Å². The number of hydrogen-bond donors (Lipinski definition) is 6. The minimum atomic E-state index is -5.85. The molecule has 21 nitrogen and oxygen atoms in total. The first-order valence-electron chi connectivity index (χ1n) is 16.9. The normalized spacial score (nSPS) is 21.7. The molecule has 1 aliphatic heterocycles. The summed E-state index contributed by atoms with van der Waals surface area (Å²) in [7, 11) is -17.0. The molecule has 304 valence electrons. The minimum Gasteiger partial charge on any atom is -0.387 e. The molecule has 7 atom stereocenters. The van der Waals surface area contributed by atoms with Gasteiger partial charge in [-0.25, -0.2) is 28.6 Å². The van der Waals surface area contributed by atoms with Crippen LogP contribution in [0.4, 0.5) is 5.82 Å². The van der Waals surface area contributed by atoms with Gasteiger partial charge in [0, 0.05) is 12.8 Å². The molecule has 0 bridgehead atoms. The van der Waals surface area contributed by atoms with Crippen LogP contribution in [-0.2, 0) is 40.9 Å². The Kier molecular flexibility index (Phi) is 21.6. The van der Waals surface area contributed by atoms with Gasteiger partial charge in [0.05, 0.1) is 12.9 Å². The van der Waals surface area contributed by atoms with E-state index in [2.05, 4.69) is 89.9 Å². The second kappa shape index (κ2) is 23.5. The number of aliphatic hydroxyl groups excluding tert-OH is 2. The Bertz CT molecular complexity index is 1560. The van der Waals surface area contributed by atoms with Gasteiger partial charge >= 0.3 is 29.4 Å². The average molecular weight is 818 g/mol. The number of aromatic nitrogens is 4. The predicted octanol–water partition coefficient (Wildman–Crippen LogP) is 2.81. The zero-order valence-electron chi connectivity index (χ0n) is 30.8. The van der Waals surface area contributed by atoms with E-state index >= 15 is 0 Å². The van der Waals surface area contributed by atoms with Crippen molar-refractivity contribution in [2.75, 3.05) is 51.6 Å². The number of nitrogens with two attached hydrogens (primary N) is 1. The van der Waals surface area contributed by atoms with E-state index in [0.29, 0.717) is 12.8 Å². The summed E-state index contributed by atoms with van der Waals surface area (Å²) in [5.41, 5.74) is 6.01. The van der Waals surface area contributed by atoms with Crippen LogP contribution >= 0.6 is 23.5 Å². The van der Waals surface area contributed by atoms with Gasteiger partial charge < -0.3 is 44.8 Å². The smallest absolute Gasteiger partial charge is 0.387 e.